The van der Waals surface area contributed by atoms with Crippen molar-refractivity contribution in [1.82, 2.24) is 4.72 Å². The average molecular weight is 328 g/mol. The summed E-state index contributed by atoms with van der Waals surface area (Å²) < 4.78 is 61.7. The monoisotopic (exact) mass is 327 g/mol. The molecule has 1 atom stereocenters. The van der Waals surface area contributed by atoms with Gasteiger partial charge in [0.2, 0.25) is 10.0 Å². The van der Waals surface area contributed by atoms with Gasteiger partial charge in [0.25, 0.3) is 0 Å². The van der Waals surface area contributed by atoms with Crippen LogP contribution >= 0.6 is 11.6 Å². The summed E-state index contributed by atoms with van der Waals surface area (Å²) >= 11 is 5.52. The van der Waals surface area contributed by atoms with Crippen LogP contribution in [0.2, 0.25) is 5.02 Å². The van der Waals surface area contributed by atoms with Crippen molar-refractivity contribution in [3.05, 3.63) is 29.0 Å². The highest BCUT2D eigenvalue weighted by molar-refractivity contribution is 7.92. The van der Waals surface area contributed by atoms with Gasteiger partial charge < -0.3 is 0 Å². The molecular weight excluding hydrogens is 317 g/mol. The number of benzene rings is 1. The lowest BCUT2D eigenvalue weighted by molar-refractivity contribution is 0.562. The summed E-state index contributed by atoms with van der Waals surface area (Å²) in [7, 11) is -7.08. The maximum atomic E-state index is 13.0. The van der Waals surface area contributed by atoms with Gasteiger partial charge in [0.05, 0.1) is 21.4 Å². The number of hydrogen-bond donors (Lipinski definition) is 1. The predicted molar refractivity (Wildman–Crippen MR) is 68.8 cm³/mol. The maximum absolute atomic E-state index is 13.0. The Bertz CT molecular complexity index is 702. The van der Waals surface area contributed by atoms with Crippen molar-refractivity contribution < 1.29 is 21.2 Å². The quantitative estimate of drug-likeness (QED) is 0.896. The number of sulfonamides is 1. The van der Waals surface area contributed by atoms with Crippen molar-refractivity contribution in [2.24, 2.45) is 0 Å². The van der Waals surface area contributed by atoms with E-state index in [-0.39, 0.29) is 27.8 Å². The molecule has 1 aliphatic heterocycles. The lowest BCUT2D eigenvalue weighted by Crippen LogP contribution is -2.35. The molecule has 5 nitrogen and oxygen atoms in total. The Labute approximate surface area is 115 Å². The van der Waals surface area contributed by atoms with Crippen LogP contribution in [0.5, 0.6) is 0 Å². The summed E-state index contributed by atoms with van der Waals surface area (Å²) in [5.74, 6) is -0.977. The molecule has 0 aliphatic carbocycles. The fourth-order valence-corrected chi connectivity index (χ4v) is 5.14. The normalized spacial score (nSPS) is 22.5. The van der Waals surface area contributed by atoms with E-state index < -0.39 is 31.7 Å². The summed E-state index contributed by atoms with van der Waals surface area (Å²) in [6.07, 6.45) is 0.233. The minimum absolute atomic E-state index is 0.0373. The molecule has 19 heavy (non-hydrogen) atoms. The van der Waals surface area contributed by atoms with E-state index in [0.717, 1.165) is 18.2 Å². The van der Waals surface area contributed by atoms with E-state index in [2.05, 4.69) is 4.72 Å². The van der Waals surface area contributed by atoms with E-state index >= 15 is 0 Å². The number of nitrogens with one attached hydrogen (secondary N) is 1. The fourth-order valence-electron chi connectivity index (χ4n) is 1.82. The van der Waals surface area contributed by atoms with Gasteiger partial charge in [0, 0.05) is 6.04 Å². The minimum Gasteiger partial charge on any atom is -0.229 e. The van der Waals surface area contributed by atoms with Crippen molar-refractivity contribution in [3.63, 3.8) is 0 Å². The molecule has 0 spiro atoms. The van der Waals surface area contributed by atoms with Gasteiger partial charge >= 0.3 is 0 Å². The Kier molecular flexibility index (Phi) is 3.87. The smallest absolute Gasteiger partial charge is 0.229 e. The molecule has 1 aromatic rings. The van der Waals surface area contributed by atoms with Crippen LogP contribution in [0.3, 0.4) is 0 Å². The molecule has 1 aliphatic rings. The van der Waals surface area contributed by atoms with E-state index in [9.17, 15) is 21.2 Å². The highest BCUT2D eigenvalue weighted by Gasteiger charge is 2.31. The third kappa shape index (κ3) is 3.44. The Morgan fingerprint density at radius 3 is 2.58 bits per heavy atom. The van der Waals surface area contributed by atoms with E-state index in [4.69, 9.17) is 11.6 Å². The largest absolute Gasteiger partial charge is 0.240 e. The first-order valence-electron chi connectivity index (χ1n) is 5.37. The Hall–Kier alpha value is -0.700. The summed E-state index contributed by atoms with van der Waals surface area (Å²) in [5, 5.41) is -0.304. The van der Waals surface area contributed by atoms with Gasteiger partial charge in [-0.15, -0.1) is 0 Å². The third-order valence-corrected chi connectivity index (χ3v) is 6.33. The molecule has 9 heteroatoms. The summed E-state index contributed by atoms with van der Waals surface area (Å²) in [6, 6.07) is 2.36. The van der Waals surface area contributed by atoms with Crippen molar-refractivity contribution >= 4 is 31.5 Å². The van der Waals surface area contributed by atoms with Gasteiger partial charge in [0.1, 0.15) is 5.82 Å². The van der Waals surface area contributed by atoms with E-state index in [1.165, 1.54) is 0 Å². The molecule has 0 aromatic heterocycles. The summed E-state index contributed by atoms with van der Waals surface area (Å²) in [4.78, 5) is -0.191. The summed E-state index contributed by atoms with van der Waals surface area (Å²) in [5.41, 5.74) is 0. The van der Waals surface area contributed by atoms with Crippen molar-refractivity contribution in [2.45, 2.75) is 17.4 Å². The fraction of sp³-hybridized carbons (Fsp3) is 0.400. The first kappa shape index (κ1) is 14.7. The van der Waals surface area contributed by atoms with Crippen LogP contribution in [-0.2, 0) is 19.9 Å². The zero-order chi connectivity index (χ0) is 14.3. The molecule has 1 fully saturated rings. The average Bonchev–Trinajstić information content (AvgIpc) is 2.61. The second-order valence-electron chi connectivity index (χ2n) is 4.30. The minimum atomic E-state index is -3.90. The van der Waals surface area contributed by atoms with Crippen LogP contribution in [0.4, 0.5) is 4.39 Å². The van der Waals surface area contributed by atoms with Crippen LogP contribution in [-0.4, -0.2) is 34.4 Å². The van der Waals surface area contributed by atoms with Crippen molar-refractivity contribution in [1.29, 1.82) is 0 Å². The van der Waals surface area contributed by atoms with E-state index in [1.807, 2.05) is 0 Å². The van der Waals surface area contributed by atoms with E-state index in [1.54, 1.807) is 0 Å². The zero-order valence-electron chi connectivity index (χ0n) is 9.64. The molecule has 0 bridgehead atoms. The lowest BCUT2D eigenvalue weighted by Gasteiger charge is -2.11. The van der Waals surface area contributed by atoms with Gasteiger partial charge in [0.15, 0.2) is 9.84 Å². The molecule has 1 N–H and O–H groups in total. The topological polar surface area (TPSA) is 80.3 Å². The molecular formula is C10H11ClFNO4S2. The van der Waals surface area contributed by atoms with Gasteiger partial charge in [-0.25, -0.2) is 25.9 Å². The molecule has 0 amide bonds. The number of hydrogen-bond acceptors (Lipinski definition) is 4. The SMILES string of the molecule is O=S1(=O)CCC(NS(=O)(=O)c2ccc(F)c(Cl)c2)C1. The highest BCUT2D eigenvalue weighted by atomic mass is 35.5. The molecule has 106 valence electrons. The first-order chi connectivity index (χ1) is 8.70. The highest BCUT2D eigenvalue weighted by Crippen LogP contribution is 2.21. The molecule has 1 heterocycles. The van der Waals surface area contributed by atoms with Gasteiger partial charge in [-0.1, -0.05) is 11.6 Å². The molecule has 1 saturated heterocycles. The zero-order valence-corrected chi connectivity index (χ0v) is 12.0. The first-order valence-corrected chi connectivity index (χ1v) is 9.06. The molecule has 0 radical (unpaired) electrons. The number of rotatable bonds is 3. The van der Waals surface area contributed by atoms with Crippen molar-refractivity contribution in [2.75, 3.05) is 11.5 Å². The Morgan fingerprint density at radius 2 is 2.05 bits per heavy atom. The van der Waals surface area contributed by atoms with Crippen molar-refractivity contribution in [3.8, 4) is 0 Å². The van der Waals surface area contributed by atoms with Crippen LogP contribution in [0.25, 0.3) is 0 Å². The number of halogens is 2. The molecule has 0 saturated carbocycles. The van der Waals surface area contributed by atoms with Gasteiger partial charge in [-0.05, 0) is 24.6 Å². The molecule has 2 rings (SSSR count). The molecule has 1 unspecified atom stereocenters. The van der Waals surface area contributed by atoms with Crippen LogP contribution < -0.4 is 4.72 Å². The predicted octanol–water partition coefficient (Wildman–Crippen LogP) is 0.944. The second-order valence-corrected chi connectivity index (χ2v) is 8.65. The van der Waals surface area contributed by atoms with Crippen LogP contribution in [0.15, 0.2) is 23.1 Å². The Morgan fingerprint density at radius 1 is 1.37 bits per heavy atom. The third-order valence-electron chi connectivity index (χ3n) is 2.76. The lowest BCUT2D eigenvalue weighted by atomic mass is 10.3. The van der Waals surface area contributed by atoms with Gasteiger partial charge in [-0.2, -0.15) is 0 Å². The number of sulfone groups is 1. The maximum Gasteiger partial charge on any atom is 0.240 e. The van der Waals surface area contributed by atoms with Gasteiger partial charge in [-0.3, -0.25) is 0 Å². The second kappa shape index (κ2) is 5.01. The van der Waals surface area contributed by atoms with Crippen LogP contribution in [0.1, 0.15) is 6.42 Å². The summed E-state index contributed by atoms with van der Waals surface area (Å²) in [6.45, 7) is 0. The molecule has 1 aromatic carbocycles. The van der Waals surface area contributed by atoms with Crippen LogP contribution in [0, 0.1) is 5.82 Å². The standard InChI is InChI=1S/C10H11ClFNO4S2/c11-9-5-8(1-2-10(9)12)19(16,17)13-7-3-4-18(14,15)6-7/h1-2,5,7,13H,3-4,6H2. The van der Waals surface area contributed by atoms with E-state index in [0.29, 0.717) is 0 Å². The Balaban J connectivity index is 2.21.